The van der Waals surface area contributed by atoms with Gasteiger partial charge in [0.25, 0.3) is 5.91 Å². The van der Waals surface area contributed by atoms with Crippen molar-refractivity contribution in [1.29, 1.82) is 0 Å². The molecule has 39 heavy (non-hydrogen) atoms. The number of hydrogen-bond donors (Lipinski definition) is 5. The van der Waals surface area contributed by atoms with Gasteiger partial charge in [-0.05, 0) is 64.3 Å². The normalized spacial score (nSPS) is 14.1. The van der Waals surface area contributed by atoms with Gasteiger partial charge in [0.1, 0.15) is 11.7 Å². The van der Waals surface area contributed by atoms with E-state index in [0.29, 0.717) is 38.2 Å². The van der Waals surface area contributed by atoms with Gasteiger partial charge in [0.15, 0.2) is 0 Å². The van der Waals surface area contributed by atoms with Crippen molar-refractivity contribution in [3.8, 4) is 0 Å². The minimum atomic E-state index is -1.35. The van der Waals surface area contributed by atoms with Crippen LogP contribution in [-0.4, -0.2) is 113 Å². The highest BCUT2D eigenvalue weighted by molar-refractivity contribution is 5.94. The van der Waals surface area contributed by atoms with Crippen LogP contribution < -0.4 is 5.32 Å². The average molecular weight is 554 g/mol. The summed E-state index contributed by atoms with van der Waals surface area (Å²) in [6, 6.07) is 7.24. The fourth-order valence-electron chi connectivity index (χ4n) is 3.97. The maximum atomic E-state index is 12.7. The highest BCUT2D eigenvalue weighted by atomic mass is 16.6. The van der Waals surface area contributed by atoms with Gasteiger partial charge in [-0.1, -0.05) is 38.3 Å². The summed E-state index contributed by atoms with van der Waals surface area (Å²) in [4.78, 5) is 28.3. The molecule has 0 spiro atoms. The molecule has 1 aromatic carbocycles. The van der Waals surface area contributed by atoms with Gasteiger partial charge in [0.05, 0.1) is 12.2 Å². The molecule has 1 rings (SSSR count). The second-order valence-electron chi connectivity index (χ2n) is 11.1. The molecule has 2 amide bonds. The first-order valence-electron chi connectivity index (χ1n) is 14.1. The van der Waals surface area contributed by atoms with Crippen LogP contribution in [0.3, 0.4) is 0 Å². The van der Waals surface area contributed by atoms with E-state index in [-0.39, 0.29) is 31.6 Å². The monoisotopic (exact) mass is 553 g/mol. The summed E-state index contributed by atoms with van der Waals surface area (Å²) < 4.78 is 5.36. The first-order chi connectivity index (χ1) is 18.4. The number of rotatable bonds is 18. The zero-order valence-corrected chi connectivity index (χ0v) is 24.4. The first-order valence-corrected chi connectivity index (χ1v) is 14.1. The van der Waals surface area contributed by atoms with Crippen LogP contribution in [0.2, 0.25) is 0 Å². The van der Waals surface area contributed by atoms with E-state index >= 15 is 0 Å². The van der Waals surface area contributed by atoms with E-state index < -0.39 is 23.9 Å². The minimum absolute atomic E-state index is 0.00991. The lowest BCUT2D eigenvalue weighted by Gasteiger charge is -2.29. The third kappa shape index (κ3) is 14.6. The summed E-state index contributed by atoms with van der Waals surface area (Å²) in [5.74, 6) is -0.211. The molecule has 224 valence electrons. The van der Waals surface area contributed by atoms with E-state index in [1.807, 2.05) is 37.8 Å². The minimum Gasteiger partial charge on any atom is -0.444 e. The van der Waals surface area contributed by atoms with Gasteiger partial charge < -0.3 is 35.4 Å². The molecule has 0 bridgehead atoms. The second-order valence-corrected chi connectivity index (χ2v) is 11.1. The van der Waals surface area contributed by atoms with E-state index in [2.05, 4.69) is 12.2 Å². The van der Waals surface area contributed by atoms with Crippen LogP contribution in [0.1, 0.15) is 75.7 Å². The van der Waals surface area contributed by atoms with Gasteiger partial charge in [0, 0.05) is 45.4 Å². The molecule has 0 heterocycles. The molecule has 10 nitrogen and oxygen atoms in total. The number of unbranched alkanes of at least 4 members (excludes halogenated alkanes) is 3. The number of nitrogens with zero attached hydrogens (tertiary/aromatic N) is 2. The average Bonchev–Trinajstić information content (AvgIpc) is 2.88. The third-order valence-corrected chi connectivity index (χ3v) is 6.36. The Labute approximate surface area is 234 Å². The van der Waals surface area contributed by atoms with Crippen molar-refractivity contribution < 1.29 is 34.8 Å². The Kier molecular flexibility index (Phi) is 16.2. The Morgan fingerprint density at radius 3 is 2.23 bits per heavy atom. The van der Waals surface area contributed by atoms with Crippen molar-refractivity contribution in [2.75, 3.05) is 46.4 Å². The molecule has 0 fully saturated rings. The number of nitrogens with one attached hydrogen (secondary N) is 1. The molecule has 3 unspecified atom stereocenters. The van der Waals surface area contributed by atoms with Crippen LogP contribution in [0.15, 0.2) is 24.3 Å². The fourth-order valence-corrected chi connectivity index (χ4v) is 3.97. The molecule has 0 aliphatic rings. The summed E-state index contributed by atoms with van der Waals surface area (Å²) in [5, 5.41) is 42.4. The van der Waals surface area contributed by atoms with E-state index in [0.717, 1.165) is 31.2 Å². The van der Waals surface area contributed by atoms with Crippen LogP contribution in [0.4, 0.5) is 4.79 Å². The number of aliphatic hydroxyl groups is 4. The van der Waals surface area contributed by atoms with Gasteiger partial charge in [-0.2, -0.15) is 0 Å². The number of amides is 2. The molecular weight excluding hydrogens is 502 g/mol. The van der Waals surface area contributed by atoms with Gasteiger partial charge in [-0.25, -0.2) is 4.79 Å². The Bertz CT molecular complexity index is 829. The predicted octanol–water partition coefficient (Wildman–Crippen LogP) is 2.17. The molecule has 0 saturated carbocycles. The van der Waals surface area contributed by atoms with Crippen LogP contribution in [0.5, 0.6) is 0 Å². The van der Waals surface area contributed by atoms with Crippen LogP contribution in [0, 0.1) is 0 Å². The maximum absolute atomic E-state index is 12.7. The largest absolute Gasteiger partial charge is 0.444 e. The SMILES string of the molecule is CCCCCCN(CCNC(=O)c1ccc(CCN(C)C(=O)OC(C)(C)C)cc1)CC(O)C(O)C(O)CCO. The van der Waals surface area contributed by atoms with Crippen molar-refractivity contribution in [1.82, 2.24) is 15.1 Å². The summed E-state index contributed by atoms with van der Waals surface area (Å²) in [6.07, 6.45) is 0.702. The second kappa shape index (κ2) is 18.2. The fraction of sp³-hybridized carbons (Fsp3) is 0.724. The highest BCUT2D eigenvalue weighted by Gasteiger charge is 2.26. The molecule has 0 aliphatic carbocycles. The van der Waals surface area contributed by atoms with Crippen molar-refractivity contribution >= 4 is 12.0 Å². The lowest BCUT2D eigenvalue weighted by atomic mass is 10.0. The van der Waals surface area contributed by atoms with Crippen LogP contribution in [0.25, 0.3) is 0 Å². The summed E-state index contributed by atoms with van der Waals surface area (Å²) in [5.41, 5.74) is 0.975. The molecule has 0 radical (unpaired) electrons. The van der Waals surface area contributed by atoms with Crippen molar-refractivity contribution in [2.24, 2.45) is 0 Å². The number of ether oxygens (including phenoxy) is 1. The molecule has 3 atom stereocenters. The molecule has 0 aromatic heterocycles. The highest BCUT2D eigenvalue weighted by Crippen LogP contribution is 2.11. The number of hydrogen-bond acceptors (Lipinski definition) is 8. The van der Waals surface area contributed by atoms with Crippen molar-refractivity contribution in [3.63, 3.8) is 0 Å². The first kappa shape index (κ1) is 34.8. The third-order valence-electron chi connectivity index (χ3n) is 6.36. The Hall–Kier alpha value is -2.24. The van der Waals surface area contributed by atoms with Gasteiger partial charge >= 0.3 is 6.09 Å². The standard InChI is InChI=1S/C29H51N3O7/c1-6-7-8-9-17-32(21-25(35)26(36)24(34)15-20-33)19-16-30-27(37)23-12-10-22(11-13-23)14-18-31(5)28(38)39-29(2,3)4/h10-13,24-26,33-36H,6-9,14-21H2,1-5H3,(H,30,37). The lowest BCUT2D eigenvalue weighted by Crippen LogP contribution is -2.46. The topological polar surface area (TPSA) is 143 Å². The number of aliphatic hydroxyl groups excluding tert-OH is 4. The molecule has 0 aliphatic heterocycles. The zero-order chi connectivity index (χ0) is 29.4. The Morgan fingerprint density at radius 2 is 1.64 bits per heavy atom. The number of carbonyl (C=O) groups excluding carboxylic acids is 2. The summed E-state index contributed by atoms with van der Waals surface area (Å²) in [7, 11) is 1.69. The lowest BCUT2D eigenvalue weighted by molar-refractivity contribution is -0.0746. The Morgan fingerprint density at radius 1 is 0.974 bits per heavy atom. The van der Waals surface area contributed by atoms with E-state index in [1.54, 1.807) is 19.2 Å². The van der Waals surface area contributed by atoms with Gasteiger partial charge in [-0.15, -0.1) is 0 Å². The van der Waals surface area contributed by atoms with E-state index in [9.17, 15) is 24.9 Å². The number of carbonyl (C=O) groups is 2. The quantitative estimate of drug-likeness (QED) is 0.174. The summed E-state index contributed by atoms with van der Waals surface area (Å²) >= 11 is 0. The predicted molar refractivity (Wildman–Crippen MR) is 152 cm³/mol. The number of benzene rings is 1. The van der Waals surface area contributed by atoms with Crippen molar-refractivity contribution in [3.05, 3.63) is 35.4 Å². The van der Waals surface area contributed by atoms with Gasteiger partial charge in [0.2, 0.25) is 0 Å². The van der Waals surface area contributed by atoms with Crippen molar-refractivity contribution in [2.45, 2.75) is 90.1 Å². The summed E-state index contributed by atoms with van der Waals surface area (Å²) in [6.45, 7) is 9.51. The van der Waals surface area contributed by atoms with Crippen LogP contribution >= 0.6 is 0 Å². The molecule has 1 aromatic rings. The maximum Gasteiger partial charge on any atom is 0.410 e. The van der Waals surface area contributed by atoms with E-state index in [4.69, 9.17) is 9.84 Å². The molecular formula is C29H51N3O7. The van der Waals surface area contributed by atoms with Gasteiger partial charge in [-0.3, -0.25) is 9.69 Å². The zero-order valence-electron chi connectivity index (χ0n) is 24.4. The van der Waals surface area contributed by atoms with E-state index in [1.165, 1.54) is 4.90 Å². The molecule has 10 heteroatoms. The molecule has 5 N–H and O–H groups in total. The Balaban J connectivity index is 2.58. The molecule has 0 saturated heterocycles. The number of likely N-dealkylation sites (N-methyl/N-ethyl adjacent to an activating group) is 1. The van der Waals surface area contributed by atoms with Crippen LogP contribution in [-0.2, 0) is 11.2 Å². The smallest absolute Gasteiger partial charge is 0.410 e.